The van der Waals surface area contributed by atoms with Crippen molar-refractivity contribution in [1.82, 2.24) is 5.06 Å². The Morgan fingerprint density at radius 3 is 1.67 bits per heavy atom. The second kappa shape index (κ2) is 9.67. The topological polar surface area (TPSA) is 38.8 Å². The van der Waals surface area contributed by atoms with Gasteiger partial charge in [-0.05, 0) is 11.1 Å². The largest absolute Gasteiger partial charge is 0.430 e. The van der Waals surface area contributed by atoms with Gasteiger partial charge in [0.05, 0.1) is 0 Å². The van der Waals surface area contributed by atoms with Crippen LogP contribution in [0.25, 0.3) is 0 Å². The van der Waals surface area contributed by atoms with E-state index < -0.39 is 6.29 Å². The molecule has 0 heterocycles. The van der Waals surface area contributed by atoms with Crippen LogP contribution in [0, 0.1) is 0 Å². The molecule has 27 heavy (non-hydrogen) atoms. The van der Waals surface area contributed by atoms with Gasteiger partial charge in [0.2, 0.25) is 6.29 Å². The normalized spacial score (nSPS) is 11.9. The summed E-state index contributed by atoms with van der Waals surface area (Å²) in [6.07, 6.45) is -0.795. The Kier molecular flexibility index (Phi) is 6.74. The molecule has 4 nitrogen and oxygen atoms in total. The number of carbonyl (C=O) groups excluding carboxylic acids is 1. The van der Waals surface area contributed by atoms with Crippen molar-refractivity contribution in [3.63, 3.8) is 0 Å². The summed E-state index contributed by atoms with van der Waals surface area (Å²) in [5.74, 6) is -0.386. The Hall–Kier alpha value is -2.95. The maximum atomic E-state index is 11.6. The van der Waals surface area contributed by atoms with Crippen LogP contribution >= 0.6 is 0 Å². The summed E-state index contributed by atoms with van der Waals surface area (Å²) in [5.41, 5.74) is 3.02. The second-order valence-corrected chi connectivity index (χ2v) is 6.23. The zero-order chi connectivity index (χ0) is 18.9. The summed E-state index contributed by atoms with van der Waals surface area (Å²) in [6, 6.07) is 29.6. The number of rotatable bonds is 8. The van der Waals surface area contributed by atoms with Crippen LogP contribution in [0.1, 0.15) is 29.9 Å². The van der Waals surface area contributed by atoms with E-state index in [1.165, 1.54) is 6.92 Å². The highest BCUT2D eigenvalue weighted by atomic mass is 16.8. The molecule has 0 saturated heterocycles. The van der Waals surface area contributed by atoms with E-state index in [0.717, 1.165) is 16.7 Å². The van der Waals surface area contributed by atoms with Gasteiger partial charge < -0.3 is 4.74 Å². The molecular weight excluding hydrogens is 338 g/mol. The van der Waals surface area contributed by atoms with E-state index in [-0.39, 0.29) is 5.97 Å². The lowest BCUT2D eigenvalue weighted by Gasteiger charge is -2.27. The molecule has 138 valence electrons. The minimum atomic E-state index is -0.795. The molecule has 3 aromatic carbocycles. The van der Waals surface area contributed by atoms with E-state index >= 15 is 0 Å². The molecule has 0 aliphatic rings. The van der Waals surface area contributed by atoms with Crippen molar-refractivity contribution in [3.05, 3.63) is 108 Å². The van der Waals surface area contributed by atoms with Crippen LogP contribution in [0.15, 0.2) is 91.0 Å². The third-order valence-corrected chi connectivity index (χ3v) is 3.99. The van der Waals surface area contributed by atoms with Crippen LogP contribution in [0.2, 0.25) is 0 Å². The van der Waals surface area contributed by atoms with Gasteiger partial charge in [0.25, 0.3) is 0 Å². The van der Waals surface area contributed by atoms with Gasteiger partial charge in [-0.1, -0.05) is 91.0 Å². The predicted octanol–water partition coefficient (Wildman–Crippen LogP) is 4.88. The minimum absolute atomic E-state index is 0.386. The fraction of sp³-hybridized carbons (Fsp3) is 0.174. The molecule has 0 saturated carbocycles. The van der Waals surface area contributed by atoms with Gasteiger partial charge in [-0.2, -0.15) is 5.06 Å². The average molecular weight is 361 g/mol. The Morgan fingerprint density at radius 1 is 0.778 bits per heavy atom. The van der Waals surface area contributed by atoms with Gasteiger partial charge in [0.1, 0.15) is 0 Å². The van der Waals surface area contributed by atoms with E-state index in [9.17, 15) is 4.79 Å². The van der Waals surface area contributed by atoms with Crippen molar-refractivity contribution in [3.8, 4) is 0 Å². The molecule has 0 aliphatic heterocycles. The van der Waals surface area contributed by atoms with E-state index in [0.29, 0.717) is 13.1 Å². The third kappa shape index (κ3) is 6.06. The van der Waals surface area contributed by atoms with Crippen molar-refractivity contribution in [2.45, 2.75) is 26.3 Å². The van der Waals surface area contributed by atoms with Gasteiger partial charge in [-0.15, -0.1) is 0 Å². The zero-order valence-corrected chi connectivity index (χ0v) is 15.3. The first-order chi connectivity index (χ1) is 13.2. The number of esters is 1. The average Bonchev–Trinajstić information content (AvgIpc) is 2.69. The molecular formula is C23H23NO3. The first-order valence-corrected chi connectivity index (χ1v) is 8.92. The highest BCUT2D eigenvalue weighted by Gasteiger charge is 2.20. The number of hydroxylamine groups is 2. The summed E-state index contributed by atoms with van der Waals surface area (Å²) in [6.45, 7) is 2.53. The quantitative estimate of drug-likeness (QED) is 0.326. The first-order valence-electron chi connectivity index (χ1n) is 8.92. The lowest BCUT2D eigenvalue weighted by Crippen LogP contribution is -2.27. The van der Waals surface area contributed by atoms with Gasteiger partial charge in [0, 0.05) is 25.6 Å². The Bertz CT molecular complexity index is 781. The van der Waals surface area contributed by atoms with Gasteiger partial charge in [-0.25, -0.2) is 4.84 Å². The molecule has 0 radical (unpaired) electrons. The van der Waals surface area contributed by atoms with Gasteiger partial charge in [-0.3, -0.25) is 4.79 Å². The fourth-order valence-corrected chi connectivity index (χ4v) is 2.75. The smallest absolute Gasteiger partial charge is 0.305 e. The third-order valence-electron chi connectivity index (χ3n) is 3.99. The molecule has 0 bridgehead atoms. The first kappa shape index (κ1) is 18.8. The lowest BCUT2D eigenvalue weighted by atomic mass is 10.2. The van der Waals surface area contributed by atoms with Crippen molar-refractivity contribution in [2.24, 2.45) is 0 Å². The number of benzene rings is 3. The minimum Gasteiger partial charge on any atom is -0.430 e. The number of hydrogen-bond acceptors (Lipinski definition) is 4. The van der Waals surface area contributed by atoms with Crippen LogP contribution in [-0.4, -0.2) is 11.0 Å². The summed E-state index contributed by atoms with van der Waals surface area (Å²) in [5, 5.41) is 1.82. The van der Waals surface area contributed by atoms with Crippen LogP contribution in [0.4, 0.5) is 0 Å². The highest BCUT2D eigenvalue weighted by Crippen LogP contribution is 2.23. The predicted molar refractivity (Wildman–Crippen MR) is 104 cm³/mol. The van der Waals surface area contributed by atoms with Crippen LogP contribution < -0.4 is 0 Å². The molecule has 0 aliphatic carbocycles. The van der Waals surface area contributed by atoms with Crippen molar-refractivity contribution < 1.29 is 14.4 Å². The molecule has 0 amide bonds. The standard InChI is InChI=1S/C23H23NO3/c1-19(25)26-23(22-15-9-4-10-16-22)27-24(17-20-11-5-2-6-12-20)18-21-13-7-3-8-14-21/h2-16,23H,17-18H2,1H3. The van der Waals surface area contributed by atoms with Crippen LogP contribution in [0.5, 0.6) is 0 Å². The summed E-state index contributed by atoms with van der Waals surface area (Å²) < 4.78 is 5.44. The lowest BCUT2D eigenvalue weighted by molar-refractivity contribution is -0.285. The molecule has 0 spiro atoms. The maximum absolute atomic E-state index is 11.6. The molecule has 1 unspecified atom stereocenters. The van der Waals surface area contributed by atoms with Gasteiger partial charge in [0.15, 0.2) is 0 Å². The van der Waals surface area contributed by atoms with E-state index in [1.54, 1.807) is 0 Å². The van der Waals surface area contributed by atoms with E-state index in [2.05, 4.69) is 0 Å². The number of ether oxygens (including phenoxy) is 1. The van der Waals surface area contributed by atoms with Crippen LogP contribution in [-0.2, 0) is 27.5 Å². The highest BCUT2D eigenvalue weighted by molar-refractivity contribution is 5.66. The number of nitrogens with zero attached hydrogens (tertiary/aromatic N) is 1. The fourth-order valence-electron chi connectivity index (χ4n) is 2.75. The van der Waals surface area contributed by atoms with Crippen molar-refractivity contribution in [2.75, 3.05) is 0 Å². The summed E-state index contributed by atoms with van der Waals surface area (Å²) in [7, 11) is 0. The number of carbonyl (C=O) groups is 1. The Balaban J connectivity index is 1.82. The van der Waals surface area contributed by atoms with E-state index in [4.69, 9.17) is 9.57 Å². The Labute approximate surface area is 159 Å². The van der Waals surface area contributed by atoms with Crippen LogP contribution in [0.3, 0.4) is 0 Å². The van der Waals surface area contributed by atoms with Crippen molar-refractivity contribution >= 4 is 5.97 Å². The summed E-state index contributed by atoms with van der Waals surface area (Å²) in [4.78, 5) is 17.8. The monoisotopic (exact) mass is 361 g/mol. The molecule has 0 aromatic heterocycles. The molecule has 3 aromatic rings. The molecule has 0 fully saturated rings. The molecule has 4 heteroatoms. The van der Waals surface area contributed by atoms with Gasteiger partial charge >= 0.3 is 5.97 Å². The molecule has 3 rings (SSSR count). The zero-order valence-electron chi connectivity index (χ0n) is 15.3. The molecule has 0 N–H and O–H groups in total. The summed E-state index contributed by atoms with van der Waals surface area (Å²) >= 11 is 0. The maximum Gasteiger partial charge on any atom is 0.305 e. The van der Waals surface area contributed by atoms with E-state index in [1.807, 2.05) is 96.1 Å². The number of hydrogen-bond donors (Lipinski definition) is 0. The van der Waals surface area contributed by atoms with Crippen molar-refractivity contribution in [1.29, 1.82) is 0 Å². The second-order valence-electron chi connectivity index (χ2n) is 6.23. The molecule has 1 atom stereocenters. The Morgan fingerprint density at radius 2 is 1.22 bits per heavy atom. The SMILES string of the molecule is CC(=O)OC(ON(Cc1ccccc1)Cc1ccccc1)c1ccccc1.